The molecule has 2 heterocycles. The molecule has 1 atom stereocenters. The van der Waals surface area contributed by atoms with Crippen LogP contribution in [-0.4, -0.2) is 38.2 Å². The summed E-state index contributed by atoms with van der Waals surface area (Å²) in [6, 6.07) is 0.0910. The minimum atomic E-state index is -0.0909. The first kappa shape index (κ1) is 16.1. The number of rotatable bonds is 4. The van der Waals surface area contributed by atoms with Gasteiger partial charge in [-0.2, -0.15) is 0 Å². The number of aryl methyl sites for hydroxylation is 3. The fourth-order valence-electron chi connectivity index (χ4n) is 3.27. The molecule has 0 radical (unpaired) electrons. The lowest BCUT2D eigenvalue weighted by Crippen LogP contribution is -2.39. The smallest absolute Gasteiger partial charge is 0.271 e. The maximum Gasteiger partial charge on any atom is 0.271 e. The van der Waals surface area contributed by atoms with Gasteiger partial charge in [-0.15, -0.1) is 11.3 Å². The first-order chi connectivity index (χ1) is 11.0. The van der Waals surface area contributed by atoms with Gasteiger partial charge >= 0.3 is 0 Å². The summed E-state index contributed by atoms with van der Waals surface area (Å²) in [5, 5.41) is 13.2. The Morgan fingerprint density at radius 1 is 1.39 bits per heavy atom. The summed E-state index contributed by atoms with van der Waals surface area (Å²) in [4.78, 5) is 22.3. The molecule has 124 valence electrons. The molecule has 0 spiro atoms. The minimum absolute atomic E-state index is 0.0909. The second-order valence-electron chi connectivity index (χ2n) is 5.98. The normalized spacial score (nSPS) is 17.1. The van der Waals surface area contributed by atoms with Crippen LogP contribution in [0, 0.1) is 20.8 Å². The Labute approximate surface area is 139 Å². The molecule has 0 aliphatic heterocycles. The van der Waals surface area contributed by atoms with Crippen molar-refractivity contribution in [2.24, 2.45) is 0 Å². The van der Waals surface area contributed by atoms with Crippen molar-refractivity contribution in [3.8, 4) is 0 Å². The molecule has 2 aromatic rings. The van der Waals surface area contributed by atoms with Gasteiger partial charge in [0.2, 0.25) is 0 Å². The van der Waals surface area contributed by atoms with Gasteiger partial charge in [0.25, 0.3) is 5.91 Å². The summed E-state index contributed by atoms with van der Waals surface area (Å²) in [6.45, 7) is 6.51. The Morgan fingerprint density at radius 2 is 2.17 bits per heavy atom. The van der Waals surface area contributed by atoms with Crippen molar-refractivity contribution < 1.29 is 9.90 Å². The molecule has 6 nitrogen and oxygen atoms in total. The van der Waals surface area contributed by atoms with Gasteiger partial charge < -0.3 is 15.0 Å². The van der Waals surface area contributed by atoms with Crippen LogP contribution in [0.4, 0.5) is 0 Å². The molecule has 0 bridgehead atoms. The van der Waals surface area contributed by atoms with Gasteiger partial charge in [-0.1, -0.05) is 0 Å². The molecule has 7 heteroatoms. The van der Waals surface area contributed by atoms with Gasteiger partial charge in [-0.05, 0) is 33.6 Å². The van der Waals surface area contributed by atoms with E-state index in [1.807, 2.05) is 20.8 Å². The molecule has 23 heavy (non-hydrogen) atoms. The molecule has 0 aromatic carbocycles. The number of carbonyl (C=O) groups excluding carboxylic acids is 1. The summed E-state index contributed by atoms with van der Waals surface area (Å²) < 4.78 is 2.08. The van der Waals surface area contributed by atoms with Crippen LogP contribution in [0.2, 0.25) is 0 Å². The third-order valence-electron chi connectivity index (χ3n) is 4.29. The third kappa shape index (κ3) is 3.16. The number of imidazole rings is 1. The minimum Gasteiger partial charge on any atom is -0.395 e. The van der Waals surface area contributed by atoms with E-state index in [1.54, 1.807) is 11.3 Å². The quantitative estimate of drug-likeness (QED) is 0.889. The average molecular weight is 334 g/mol. The second-order valence-corrected chi connectivity index (χ2v) is 7.39. The predicted molar refractivity (Wildman–Crippen MR) is 88.9 cm³/mol. The summed E-state index contributed by atoms with van der Waals surface area (Å²) in [5.41, 5.74) is 2.78. The van der Waals surface area contributed by atoms with Crippen LogP contribution in [0.1, 0.15) is 44.0 Å². The molecule has 1 aliphatic rings. The van der Waals surface area contributed by atoms with Gasteiger partial charge in [0, 0.05) is 29.6 Å². The fourth-order valence-corrected chi connectivity index (χ4v) is 4.09. The van der Waals surface area contributed by atoms with E-state index in [4.69, 9.17) is 0 Å². The van der Waals surface area contributed by atoms with Crippen molar-refractivity contribution in [1.29, 1.82) is 0 Å². The molecule has 0 saturated carbocycles. The number of hydrogen-bond donors (Lipinski definition) is 2. The van der Waals surface area contributed by atoms with Crippen molar-refractivity contribution >= 4 is 17.2 Å². The van der Waals surface area contributed by atoms with Crippen molar-refractivity contribution in [1.82, 2.24) is 19.9 Å². The molecule has 2 N–H and O–H groups in total. The molecular formula is C16H22N4O2S. The number of aliphatic hydroxyl groups is 1. The number of aromatic nitrogens is 3. The molecular weight excluding hydrogens is 312 g/mol. The largest absolute Gasteiger partial charge is 0.395 e. The van der Waals surface area contributed by atoms with Crippen LogP contribution >= 0.6 is 11.3 Å². The Morgan fingerprint density at radius 3 is 2.83 bits per heavy atom. The SMILES string of the molecule is Cc1nc(C(=O)NC2CCc3c(nc(C)n3CCO)C2)c(C)s1. The van der Waals surface area contributed by atoms with Gasteiger partial charge in [-0.3, -0.25) is 4.79 Å². The molecule has 2 aromatic heterocycles. The highest BCUT2D eigenvalue weighted by Crippen LogP contribution is 2.23. The summed E-state index contributed by atoms with van der Waals surface area (Å²) in [6.07, 6.45) is 2.50. The summed E-state index contributed by atoms with van der Waals surface area (Å²) in [5.74, 6) is 0.841. The van der Waals surface area contributed by atoms with Gasteiger partial charge in [0.1, 0.15) is 11.5 Å². The Kier molecular flexibility index (Phi) is 4.50. The molecule has 3 rings (SSSR count). The highest BCUT2D eigenvalue weighted by Gasteiger charge is 2.26. The molecule has 1 unspecified atom stereocenters. The lowest BCUT2D eigenvalue weighted by atomic mass is 9.95. The maximum atomic E-state index is 12.4. The highest BCUT2D eigenvalue weighted by molar-refractivity contribution is 7.11. The zero-order valence-electron chi connectivity index (χ0n) is 13.7. The van der Waals surface area contributed by atoms with Gasteiger partial charge in [-0.25, -0.2) is 9.97 Å². The van der Waals surface area contributed by atoms with Crippen LogP contribution in [-0.2, 0) is 19.4 Å². The number of fused-ring (bicyclic) bond motifs is 1. The zero-order valence-corrected chi connectivity index (χ0v) is 14.5. The van der Waals surface area contributed by atoms with E-state index in [0.717, 1.165) is 40.7 Å². The van der Waals surface area contributed by atoms with Gasteiger partial charge in [0.15, 0.2) is 0 Å². The number of amides is 1. The van der Waals surface area contributed by atoms with E-state index in [9.17, 15) is 9.90 Å². The number of nitrogens with one attached hydrogen (secondary N) is 1. The van der Waals surface area contributed by atoms with Crippen molar-refractivity contribution in [2.45, 2.75) is 52.6 Å². The van der Waals surface area contributed by atoms with E-state index < -0.39 is 0 Å². The first-order valence-electron chi connectivity index (χ1n) is 7.90. The number of thiazole rings is 1. The van der Waals surface area contributed by atoms with Crippen molar-refractivity contribution in [2.75, 3.05) is 6.61 Å². The standard InChI is InChI=1S/C16H22N4O2S/c1-9-15(18-11(3)23-9)16(22)19-12-4-5-14-13(8-12)17-10(2)20(14)6-7-21/h12,21H,4-8H2,1-3H3,(H,19,22). The van der Waals surface area contributed by atoms with Crippen molar-refractivity contribution in [3.63, 3.8) is 0 Å². The van der Waals surface area contributed by atoms with Crippen LogP contribution in [0.15, 0.2) is 0 Å². The Bertz CT molecular complexity index is 735. The predicted octanol–water partition coefficient (Wildman–Crippen LogP) is 1.54. The van der Waals surface area contributed by atoms with E-state index in [-0.39, 0.29) is 18.6 Å². The first-order valence-corrected chi connectivity index (χ1v) is 8.72. The number of hydrogen-bond acceptors (Lipinski definition) is 5. The molecule has 1 amide bonds. The average Bonchev–Trinajstić information content (AvgIpc) is 2.99. The topological polar surface area (TPSA) is 80.0 Å². The molecule has 0 saturated heterocycles. The van der Waals surface area contributed by atoms with Crippen molar-refractivity contribution in [3.05, 3.63) is 32.8 Å². The summed E-state index contributed by atoms with van der Waals surface area (Å²) >= 11 is 1.55. The van der Waals surface area contributed by atoms with Crippen LogP contribution in [0.5, 0.6) is 0 Å². The van der Waals surface area contributed by atoms with Gasteiger partial charge in [0.05, 0.1) is 17.3 Å². The Hall–Kier alpha value is -1.73. The van der Waals surface area contributed by atoms with E-state index in [2.05, 4.69) is 19.9 Å². The summed E-state index contributed by atoms with van der Waals surface area (Å²) in [7, 11) is 0. The van der Waals surface area contributed by atoms with Crippen LogP contribution in [0.25, 0.3) is 0 Å². The second kappa shape index (κ2) is 6.41. The molecule has 0 fully saturated rings. The Balaban J connectivity index is 1.71. The monoisotopic (exact) mass is 334 g/mol. The fraction of sp³-hybridized carbons (Fsp3) is 0.562. The number of nitrogens with zero attached hydrogens (tertiary/aromatic N) is 3. The lowest BCUT2D eigenvalue weighted by Gasteiger charge is -2.23. The van der Waals surface area contributed by atoms with Crippen LogP contribution in [0.3, 0.4) is 0 Å². The maximum absolute atomic E-state index is 12.4. The van der Waals surface area contributed by atoms with E-state index >= 15 is 0 Å². The lowest BCUT2D eigenvalue weighted by molar-refractivity contribution is 0.0928. The number of aliphatic hydroxyl groups excluding tert-OH is 1. The molecule has 1 aliphatic carbocycles. The van der Waals surface area contributed by atoms with E-state index in [1.165, 1.54) is 5.69 Å². The van der Waals surface area contributed by atoms with E-state index in [0.29, 0.717) is 12.2 Å². The third-order valence-corrected chi connectivity index (χ3v) is 5.18. The number of carbonyl (C=O) groups is 1. The van der Waals surface area contributed by atoms with Crippen LogP contribution < -0.4 is 5.32 Å². The highest BCUT2D eigenvalue weighted by atomic mass is 32.1. The zero-order chi connectivity index (χ0) is 16.6.